The van der Waals surface area contributed by atoms with Crippen molar-refractivity contribution in [2.24, 2.45) is 5.73 Å². The zero-order valence-electron chi connectivity index (χ0n) is 13.7. The van der Waals surface area contributed by atoms with E-state index in [-0.39, 0.29) is 37.1 Å². The summed E-state index contributed by atoms with van der Waals surface area (Å²) in [7, 11) is 0. The fourth-order valence-electron chi connectivity index (χ4n) is 2.71. The van der Waals surface area contributed by atoms with Crippen LogP contribution in [0.1, 0.15) is 17.3 Å². The lowest BCUT2D eigenvalue weighted by Gasteiger charge is -2.34. The van der Waals surface area contributed by atoms with Crippen LogP contribution in [0.15, 0.2) is 28.8 Å². The smallest absolute Gasteiger partial charge is 0.240 e. The van der Waals surface area contributed by atoms with Gasteiger partial charge in [0.1, 0.15) is 5.82 Å². The van der Waals surface area contributed by atoms with Crippen molar-refractivity contribution in [3.63, 3.8) is 0 Å². The fraction of sp³-hybridized carbons (Fsp3) is 0.438. The lowest BCUT2D eigenvalue weighted by Crippen LogP contribution is -2.48. The number of rotatable bonds is 5. The van der Waals surface area contributed by atoms with Crippen LogP contribution in [0.5, 0.6) is 0 Å². The van der Waals surface area contributed by atoms with Crippen molar-refractivity contribution in [1.82, 2.24) is 19.9 Å². The molecule has 136 valence electrons. The largest absolute Gasteiger partial charge is 0.340 e. The molecule has 0 unspecified atom stereocenters. The third-order valence-corrected chi connectivity index (χ3v) is 4.07. The maximum atomic E-state index is 13.6. The van der Waals surface area contributed by atoms with E-state index in [4.69, 9.17) is 10.3 Å². The fourth-order valence-corrected chi connectivity index (χ4v) is 2.71. The number of piperazine rings is 1. The van der Waals surface area contributed by atoms with Gasteiger partial charge >= 0.3 is 0 Å². The molecule has 2 N–H and O–H groups in total. The normalized spacial score (nSPS) is 15.0. The predicted octanol–water partition coefficient (Wildman–Crippen LogP) is 0.976. The molecule has 0 spiro atoms. The average Bonchev–Trinajstić information content (AvgIpc) is 3.05. The number of carbonyl (C=O) groups excluding carboxylic acids is 1. The molecule has 1 saturated heterocycles. The van der Waals surface area contributed by atoms with Crippen molar-refractivity contribution in [2.45, 2.75) is 19.5 Å². The maximum absolute atomic E-state index is 13.6. The second-order valence-electron chi connectivity index (χ2n) is 5.73. The van der Waals surface area contributed by atoms with Crippen molar-refractivity contribution >= 4 is 18.3 Å². The quantitative estimate of drug-likeness (QED) is 0.845. The minimum Gasteiger partial charge on any atom is -0.340 e. The first-order valence-corrected chi connectivity index (χ1v) is 7.91. The molecule has 1 fully saturated rings. The summed E-state index contributed by atoms with van der Waals surface area (Å²) in [4.78, 5) is 20.4. The highest BCUT2D eigenvalue weighted by atomic mass is 35.5. The van der Waals surface area contributed by atoms with E-state index >= 15 is 0 Å². The summed E-state index contributed by atoms with van der Waals surface area (Å²) in [5, 5.41) is 3.87. The van der Waals surface area contributed by atoms with Crippen LogP contribution in [0.3, 0.4) is 0 Å². The Bertz CT molecular complexity index is 703. The molecule has 2 heterocycles. The molecule has 0 saturated carbocycles. The summed E-state index contributed by atoms with van der Waals surface area (Å²) in [6.45, 7) is 3.44. The molecule has 1 aliphatic heterocycles. The van der Waals surface area contributed by atoms with Gasteiger partial charge in [-0.25, -0.2) is 4.39 Å². The van der Waals surface area contributed by atoms with Crippen LogP contribution in [-0.4, -0.2) is 52.0 Å². The molecule has 0 aliphatic carbocycles. The van der Waals surface area contributed by atoms with E-state index in [9.17, 15) is 9.18 Å². The molecule has 1 aliphatic rings. The molecule has 25 heavy (non-hydrogen) atoms. The minimum atomic E-state index is -0.336. The summed E-state index contributed by atoms with van der Waals surface area (Å²) in [6, 6.07) is 6.38. The zero-order valence-corrected chi connectivity index (χ0v) is 14.5. The molecule has 9 heteroatoms. The first-order chi connectivity index (χ1) is 11.7. The first kappa shape index (κ1) is 19.3. The van der Waals surface area contributed by atoms with Gasteiger partial charge in [-0.1, -0.05) is 23.4 Å². The van der Waals surface area contributed by atoms with Crippen LogP contribution < -0.4 is 5.73 Å². The van der Waals surface area contributed by atoms with Crippen LogP contribution >= 0.6 is 12.4 Å². The lowest BCUT2D eigenvalue weighted by atomic mass is 10.1. The van der Waals surface area contributed by atoms with Gasteiger partial charge in [0.2, 0.25) is 11.8 Å². The molecule has 1 aromatic heterocycles. The number of amides is 1. The van der Waals surface area contributed by atoms with E-state index in [2.05, 4.69) is 15.0 Å². The number of hydrogen-bond donors (Lipinski definition) is 1. The highest BCUT2D eigenvalue weighted by Gasteiger charge is 2.23. The Kier molecular flexibility index (Phi) is 6.86. The van der Waals surface area contributed by atoms with E-state index in [0.717, 1.165) is 13.1 Å². The Balaban J connectivity index is 0.00000225. The van der Waals surface area contributed by atoms with Crippen LogP contribution in [0.25, 0.3) is 0 Å². The Morgan fingerprint density at radius 3 is 2.60 bits per heavy atom. The van der Waals surface area contributed by atoms with Gasteiger partial charge in [0.15, 0.2) is 5.82 Å². The van der Waals surface area contributed by atoms with Crippen LogP contribution in [0, 0.1) is 5.82 Å². The third-order valence-electron chi connectivity index (χ3n) is 4.07. The molecular weight excluding hydrogens is 349 g/mol. The molecule has 0 atom stereocenters. The van der Waals surface area contributed by atoms with Crippen LogP contribution in [0.4, 0.5) is 4.39 Å². The van der Waals surface area contributed by atoms with E-state index in [1.54, 1.807) is 23.1 Å². The van der Waals surface area contributed by atoms with E-state index in [0.29, 0.717) is 36.9 Å². The van der Waals surface area contributed by atoms with E-state index in [1.165, 1.54) is 6.07 Å². The maximum Gasteiger partial charge on any atom is 0.240 e. The molecule has 3 rings (SSSR count). The Morgan fingerprint density at radius 1 is 1.24 bits per heavy atom. The number of carbonyl (C=O) groups is 1. The number of hydrogen-bond acceptors (Lipinski definition) is 6. The topological polar surface area (TPSA) is 88.5 Å². The van der Waals surface area contributed by atoms with Crippen molar-refractivity contribution in [1.29, 1.82) is 0 Å². The lowest BCUT2D eigenvalue weighted by molar-refractivity contribution is -0.132. The van der Waals surface area contributed by atoms with Gasteiger partial charge in [-0.15, -0.1) is 12.4 Å². The average molecular weight is 370 g/mol. The number of halogens is 2. The zero-order chi connectivity index (χ0) is 16.9. The molecule has 2 aromatic rings. The summed E-state index contributed by atoms with van der Waals surface area (Å²) in [5.41, 5.74) is 5.88. The number of nitrogens with zero attached hydrogens (tertiary/aromatic N) is 4. The Morgan fingerprint density at radius 2 is 1.96 bits per heavy atom. The van der Waals surface area contributed by atoms with Crippen molar-refractivity contribution in [2.75, 3.05) is 26.2 Å². The molecule has 1 amide bonds. The number of nitrogens with two attached hydrogens (primary N) is 1. The molecule has 1 aromatic carbocycles. The number of benzene rings is 1. The Labute approximate surface area is 151 Å². The second-order valence-corrected chi connectivity index (χ2v) is 5.73. The van der Waals surface area contributed by atoms with Crippen LogP contribution in [0.2, 0.25) is 0 Å². The highest BCUT2D eigenvalue weighted by molar-refractivity contribution is 5.85. The highest BCUT2D eigenvalue weighted by Crippen LogP contribution is 2.11. The summed E-state index contributed by atoms with van der Waals surface area (Å²) in [6.07, 6.45) is 0.0946. The molecule has 0 radical (unpaired) electrons. The first-order valence-electron chi connectivity index (χ1n) is 7.91. The van der Waals surface area contributed by atoms with E-state index in [1.807, 2.05) is 0 Å². The van der Waals surface area contributed by atoms with Crippen LogP contribution in [-0.2, 0) is 24.3 Å². The molecule has 7 nitrogen and oxygen atoms in total. The van der Waals surface area contributed by atoms with Crippen molar-refractivity contribution in [3.05, 3.63) is 47.4 Å². The number of aromatic nitrogens is 2. The van der Waals surface area contributed by atoms with Gasteiger partial charge in [-0.3, -0.25) is 9.69 Å². The monoisotopic (exact) mass is 369 g/mol. The molecule has 0 bridgehead atoms. The summed E-state index contributed by atoms with van der Waals surface area (Å²) < 4.78 is 18.6. The standard InChI is InChI=1S/C16H20FN5O2.ClH/c17-13-4-2-1-3-12(13)9-16(23)22-7-5-21(6-8-22)11-14-19-15(10-18)24-20-14;/h1-4H,5-11,18H2;1H. The minimum absolute atomic E-state index is 0. The van der Waals surface area contributed by atoms with Gasteiger partial charge in [0.25, 0.3) is 0 Å². The van der Waals surface area contributed by atoms with Gasteiger partial charge in [0.05, 0.1) is 19.5 Å². The van der Waals surface area contributed by atoms with Gasteiger partial charge in [0, 0.05) is 26.2 Å². The SMILES string of the molecule is Cl.NCc1nc(CN2CCN(C(=O)Cc3ccccc3F)CC2)no1. The molecular formula is C16H21ClFN5O2. The Hall–Kier alpha value is -2.03. The van der Waals surface area contributed by atoms with Gasteiger partial charge in [-0.05, 0) is 11.6 Å². The predicted molar refractivity (Wildman–Crippen MR) is 91.4 cm³/mol. The van der Waals surface area contributed by atoms with Crippen molar-refractivity contribution < 1.29 is 13.7 Å². The second kappa shape index (κ2) is 8.89. The van der Waals surface area contributed by atoms with Gasteiger partial charge in [-0.2, -0.15) is 4.98 Å². The van der Waals surface area contributed by atoms with E-state index < -0.39 is 0 Å². The van der Waals surface area contributed by atoms with Crippen molar-refractivity contribution in [3.8, 4) is 0 Å². The summed E-state index contributed by atoms with van der Waals surface area (Å²) in [5.74, 6) is 0.632. The van der Waals surface area contributed by atoms with Gasteiger partial charge < -0.3 is 15.2 Å². The summed E-state index contributed by atoms with van der Waals surface area (Å²) >= 11 is 0. The third kappa shape index (κ3) is 4.97.